The Kier molecular flexibility index (Phi) is 7.06. The third kappa shape index (κ3) is 5.21. The number of amides is 2. The molecule has 2 N–H and O–H groups in total. The van der Waals surface area contributed by atoms with E-state index in [4.69, 9.17) is 0 Å². The summed E-state index contributed by atoms with van der Waals surface area (Å²) in [6, 6.07) is 0.213. The molecule has 2 unspecified atom stereocenters. The van der Waals surface area contributed by atoms with Crippen molar-refractivity contribution in [3.8, 4) is 0 Å². The van der Waals surface area contributed by atoms with Crippen LogP contribution in [0.1, 0.15) is 76.9 Å². The third-order valence-electron chi connectivity index (χ3n) is 5.05. The number of nitrogens with one attached hydrogen (secondary N) is 2. The Morgan fingerprint density at radius 2 is 2.08 bits per heavy atom. The number of nitrogens with zero attached hydrogens (tertiary/aromatic N) is 3. The van der Waals surface area contributed by atoms with Gasteiger partial charge >= 0.3 is 6.03 Å². The number of aromatic nitrogens is 3. The fourth-order valence-electron chi connectivity index (χ4n) is 3.05. The van der Waals surface area contributed by atoms with Crippen LogP contribution in [0.3, 0.4) is 0 Å². The molecule has 1 aliphatic carbocycles. The maximum Gasteiger partial charge on any atom is 0.315 e. The second-order valence-corrected chi connectivity index (χ2v) is 7.09. The van der Waals surface area contributed by atoms with Gasteiger partial charge in [-0.15, -0.1) is 10.2 Å². The van der Waals surface area contributed by atoms with Gasteiger partial charge in [0.2, 0.25) is 0 Å². The summed E-state index contributed by atoms with van der Waals surface area (Å²) >= 11 is 0. The molecule has 1 aromatic rings. The molecule has 2 rings (SSSR count). The Labute approximate surface area is 145 Å². The molecule has 0 radical (unpaired) electrons. The number of rotatable bonds is 10. The lowest BCUT2D eigenvalue weighted by Gasteiger charge is -2.24. The molecule has 1 fully saturated rings. The van der Waals surface area contributed by atoms with Crippen LogP contribution in [0.2, 0.25) is 0 Å². The molecule has 1 heterocycles. The van der Waals surface area contributed by atoms with E-state index in [-0.39, 0.29) is 12.1 Å². The summed E-state index contributed by atoms with van der Waals surface area (Å²) in [5.41, 5.74) is 0. The average molecular weight is 335 g/mol. The van der Waals surface area contributed by atoms with Gasteiger partial charge in [-0.3, -0.25) is 0 Å². The minimum absolute atomic E-state index is 0.0506. The molecular formula is C18H33N5O. The highest BCUT2D eigenvalue weighted by atomic mass is 16.2. The van der Waals surface area contributed by atoms with Crippen molar-refractivity contribution in [3.63, 3.8) is 0 Å². The molecule has 0 aromatic carbocycles. The van der Waals surface area contributed by atoms with Crippen LogP contribution in [0.5, 0.6) is 0 Å². The van der Waals surface area contributed by atoms with Crippen molar-refractivity contribution < 1.29 is 4.79 Å². The lowest BCUT2D eigenvalue weighted by molar-refractivity contribution is 0.229. The fourth-order valence-corrected chi connectivity index (χ4v) is 3.05. The van der Waals surface area contributed by atoms with Crippen LogP contribution in [0.25, 0.3) is 0 Å². The molecule has 6 nitrogen and oxygen atoms in total. The van der Waals surface area contributed by atoms with Crippen LogP contribution in [0.15, 0.2) is 0 Å². The van der Waals surface area contributed by atoms with Gasteiger partial charge in [0.1, 0.15) is 11.6 Å². The summed E-state index contributed by atoms with van der Waals surface area (Å²) in [7, 11) is 2.05. The monoisotopic (exact) mass is 335 g/mol. The largest absolute Gasteiger partial charge is 0.338 e. The Bertz CT molecular complexity index is 523. The molecule has 1 aliphatic rings. The first-order valence-corrected chi connectivity index (χ1v) is 9.49. The van der Waals surface area contributed by atoms with Crippen LogP contribution < -0.4 is 10.6 Å². The van der Waals surface area contributed by atoms with Gasteiger partial charge in [0.15, 0.2) is 0 Å². The Morgan fingerprint density at radius 1 is 1.33 bits per heavy atom. The molecule has 2 amide bonds. The first kappa shape index (κ1) is 18.7. The smallest absolute Gasteiger partial charge is 0.315 e. The van der Waals surface area contributed by atoms with Gasteiger partial charge in [-0.25, -0.2) is 4.79 Å². The van der Waals surface area contributed by atoms with Gasteiger partial charge in [0.25, 0.3) is 0 Å². The molecular weight excluding hydrogens is 302 g/mol. The Morgan fingerprint density at radius 3 is 2.71 bits per heavy atom. The van der Waals surface area contributed by atoms with Crippen molar-refractivity contribution >= 4 is 6.03 Å². The molecule has 2 atom stereocenters. The van der Waals surface area contributed by atoms with Crippen LogP contribution in [-0.2, 0) is 13.5 Å². The molecule has 136 valence electrons. The SMILES string of the molecule is CCCC(NC(=O)NCCCc1nnc(C2CC2)n1C)C(C)CC. The van der Waals surface area contributed by atoms with E-state index in [1.165, 1.54) is 12.8 Å². The summed E-state index contributed by atoms with van der Waals surface area (Å²) in [6.45, 7) is 7.19. The Hall–Kier alpha value is -1.59. The minimum atomic E-state index is -0.0506. The summed E-state index contributed by atoms with van der Waals surface area (Å²) < 4.78 is 2.12. The van der Waals surface area contributed by atoms with E-state index in [2.05, 4.69) is 46.2 Å². The zero-order chi connectivity index (χ0) is 17.5. The number of hydrogen-bond acceptors (Lipinski definition) is 3. The predicted molar refractivity (Wildman–Crippen MR) is 96.0 cm³/mol. The van der Waals surface area contributed by atoms with E-state index >= 15 is 0 Å². The van der Waals surface area contributed by atoms with E-state index in [0.717, 1.165) is 43.8 Å². The highest BCUT2D eigenvalue weighted by molar-refractivity contribution is 5.74. The molecule has 0 bridgehead atoms. The molecule has 24 heavy (non-hydrogen) atoms. The molecule has 6 heteroatoms. The highest BCUT2D eigenvalue weighted by Crippen LogP contribution is 2.38. The lowest BCUT2D eigenvalue weighted by atomic mass is 9.95. The number of carbonyl (C=O) groups is 1. The van der Waals surface area contributed by atoms with Gasteiger partial charge in [-0.05, 0) is 31.6 Å². The van der Waals surface area contributed by atoms with Gasteiger partial charge in [0.05, 0.1) is 0 Å². The average Bonchev–Trinajstić information content (AvgIpc) is 3.34. The maximum atomic E-state index is 12.1. The minimum Gasteiger partial charge on any atom is -0.338 e. The van der Waals surface area contributed by atoms with Gasteiger partial charge in [-0.1, -0.05) is 33.6 Å². The number of urea groups is 1. The summed E-state index contributed by atoms with van der Waals surface area (Å²) in [6.07, 6.45) is 7.41. The second kappa shape index (κ2) is 9.04. The van der Waals surface area contributed by atoms with E-state index in [1.54, 1.807) is 0 Å². The van der Waals surface area contributed by atoms with Crippen LogP contribution in [0, 0.1) is 5.92 Å². The van der Waals surface area contributed by atoms with Crippen molar-refractivity contribution in [3.05, 3.63) is 11.6 Å². The van der Waals surface area contributed by atoms with Crippen molar-refractivity contribution in [2.75, 3.05) is 6.54 Å². The van der Waals surface area contributed by atoms with Gasteiger partial charge < -0.3 is 15.2 Å². The summed E-state index contributed by atoms with van der Waals surface area (Å²) in [5, 5.41) is 14.7. The quantitative estimate of drug-likeness (QED) is 0.645. The van der Waals surface area contributed by atoms with Crippen LogP contribution in [-0.4, -0.2) is 33.4 Å². The van der Waals surface area contributed by atoms with Crippen LogP contribution in [0.4, 0.5) is 4.79 Å². The topological polar surface area (TPSA) is 71.8 Å². The molecule has 1 saturated carbocycles. The van der Waals surface area contributed by atoms with Gasteiger partial charge in [0, 0.05) is 32.0 Å². The standard InChI is InChI=1S/C18H33N5O/c1-5-8-15(13(3)6-2)20-18(24)19-12-7-9-16-21-22-17(23(16)4)14-10-11-14/h13-15H,5-12H2,1-4H3,(H2,19,20,24). The molecule has 0 spiro atoms. The van der Waals surface area contributed by atoms with E-state index in [1.807, 2.05) is 7.05 Å². The first-order chi connectivity index (χ1) is 11.6. The fraction of sp³-hybridized carbons (Fsp3) is 0.833. The zero-order valence-electron chi connectivity index (χ0n) is 15.6. The number of hydrogen-bond donors (Lipinski definition) is 2. The maximum absolute atomic E-state index is 12.1. The molecule has 0 saturated heterocycles. The molecule has 1 aromatic heterocycles. The van der Waals surface area contributed by atoms with Crippen LogP contribution >= 0.6 is 0 Å². The lowest BCUT2D eigenvalue weighted by Crippen LogP contribution is -2.45. The zero-order valence-corrected chi connectivity index (χ0v) is 15.6. The normalized spacial score (nSPS) is 16.7. The van der Waals surface area contributed by atoms with E-state index in [0.29, 0.717) is 18.4 Å². The van der Waals surface area contributed by atoms with E-state index < -0.39 is 0 Å². The summed E-state index contributed by atoms with van der Waals surface area (Å²) in [5.74, 6) is 3.26. The number of aryl methyl sites for hydroxylation is 1. The van der Waals surface area contributed by atoms with Gasteiger partial charge in [-0.2, -0.15) is 0 Å². The Balaban J connectivity index is 1.68. The predicted octanol–water partition coefficient (Wildman–Crippen LogP) is 3.14. The third-order valence-corrected chi connectivity index (χ3v) is 5.05. The second-order valence-electron chi connectivity index (χ2n) is 7.09. The molecule has 0 aliphatic heterocycles. The van der Waals surface area contributed by atoms with Crippen molar-refractivity contribution in [1.29, 1.82) is 0 Å². The van der Waals surface area contributed by atoms with Crippen molar-refractivity contribution in [2.24, 2.45) is 13.0 Å². The highest BCUT2D eigenvalue weighted by Gasteiger charge is 2.29. The van der Waals surface area contributed by atoms with Crippen molar-refractivity contribution in [2.45, 2.75) is 77.7 Å². The van der Waals surface area contributed by atoms with Crippen molar-refractivity contribution in [1.82, 2.24) is 25.4 Å². The first-order valence-electron chi connectivity index (χ1n) is 9.49. The number of carbonyl (C=O) groups excluding carboxylic acids is 1. The summed E-state index contributed by atoms with van der Waals surface area (Å²) in [4.78, 5) is 12.1. The van der Waals surface area contributed by atoms with E-state index in [9.17, 15) is 4.79 Å².